The van der Waals surface area contributed by atoms with Crippen LogP contribution in [0.1, 0.15) is 46.8 Å². The summed E-state index contributed by atoms with van der Waals surface area (Å²) in [6.07, 6.45) is 4.81. The predicted molar refractivity (Wildman–Crippen MR) is 94.3 cm³/mol. The second-order valence-corrected chi connectivity index (χ2v) is 8.07. The second kappa shape index (κ2) is 7.77. The molecule has 1 aliphatic carbocycles. The van der Waals surface area contributed by atoms with E-state index in [1.807, 2.05) is 0 Å². The summed E-state index contributed by atoms with van der Waals surface area (Å²) in [6.45, 7) is 8.72. The van der Waals surface area contributed by atoms with Crippen LogP contribution in [0.2, 0.25) is 0 Å². The highest BCUT2D eigenvalue weighted by molar-refractivity contribution is 7.14. The molecule has 1 saturated heterocycles. The highest BCUT2D eigenvalue weighted by Gasteiger charge is 2.25. The van der Waals surface area contributed by atoms with Gasteiger partial charge >= 0.3 is 0 Å². The molecular formula is C18H28N2O2S. The minimum atomic E-state index is 0.100. The van der Waals surface area contributed by atoms with Gasteiger partial charge in [0.25, 0.3) is 5.91 Å². The minimum absolute atomic E-state index is 0.100. The Morgan fingerprint density at radius 1 is 1.30 bits per heavy atom. The lowest BCUT2D eigenvalue weighted by Gasteiger charge is -2.36. The van der Waals surface area contributed by atoms with Gasteiger partial charge in [-0.3, -0.25) is 9.69 Å². The van der Waals surface area contributed by atoms with Crippen LogP contribution in [-0.2, 0) is 17.6 Å². The maximum absolute atomic E-state index is 12.5. The molecule has 1 N–H and O–H groups in total. The molecule has 0 aromatic carbocycles. The van der Waals surface area contributed by atoms with Crippen molar-refractivity contribution in [3.63, 3.8) is 0 Å². The number of rotatable bonds is 5. The highest BCUT2D eigenvalue weighted by atomic mass is 32.1. The third-order valence-corrected chi connectivity index (χ3v) is 6.21. The number of nitrogens with one attached hydrogen (secondary N) is 1. The molecule has 1 atom stereocenters. The van der Waals surface area contributed by atoms with Crippen molar-refractivity contribution in [2.45, 2.75) is 45.6 Å². The normalized spacial score (nSPS) is 20.3. The summed E-state index contributed by atoms with van der Waals surface area (Å²) < 4.78 is 5.44. The van der Waals surface area contributed by atoms with Gasteiger partial charge in [0, 0.05) is 30.6 Å². The number of hydrogen-bond acceptors (Lipinski definition) is 4. The molecule has 0 saturated carbocycles. The quantitative estimate of drug-likeness (QED) is 0.899. The molecule has 128 valence electrons. The fraction of sp³-hybridized carbons (Fsp3) is 0.722. The third kappa shape index (κ3) is 4.14. The molecule has 1 aliphatic heterocycles. The van der Waals surface area contributed by atoms with Gasteiger partial charge in [-0.05, 0) is 43.2 Å². The number of amides is 1. The number of aryl methyl sites for hydroxylation is 2. The van der Waals surface area contributed by atoms with E-state index in [1.54, 1.807) is 11.3 Å². The molecule has 3 rings (SSSR count). The lowest BCUT2D eigenvalue weighted by molar-refractivity contribution is 0.00674. The van der Waals surface area contributed by atoms with Gasteiger partial charge in [0.15, 0.2) is 0 Å². The molecule has 1 aromatic rings. The summed E-state index contributed by atoms with van der Waals surface area (Å²) in [5.74, 6) is 0.619. The van der Waals surface area contributed by atoms with Crippen LogP contribution in [-0.4, -0.2) is 49.7 Å². The number of nitrogens with zero attached hydrogens (tertiary/aromatic N) is 1. The Balaban J connectivity index is 1.59. The van der Waals surface area contributed by atoms with Crippen LogP contribution in [0.5, 0.6) is 0 Å². The van der Waals surface area contributed by atoms with Gasteiger partial charge in [-0.1, -0.05) is 13.8 Å². The van der Waals surface area contributed by atoms with Crippen molar-refractivity contribution in [1.82, 2.24) is 10.2 Å². The van der Waals surface area contributed by atoms with Crippen molar-refractivity contribution >= 4 is 17.2 Å². The summed E-state index contributed by atoms with van der Waals surface area (Å²) in [5.41, 5.74) is 1.40. The number of hydrogen-bond donors (Lipinski definition) is 1. The van der Waals surface area contributed by atoms with Gasteiger partial charge in [0.1, 0.15) is 0 Å². The molecule has 5 heteroatoms. The zero-order valence-corrected chi connectivity index (χ0v) is 15.1. The number of carbonyl (C=O) groups excluding carboxylic acids is 1. The molecule has 2 aliphatic rings. The standard InChI is InChI=1S/C18H28N2O2S/c1-13(2)15(20-7-9-22-10-8-20)12-19-18(21)17-11-14-5-3-4-6-16(14)23-17/h11,13,15H,3-10,12H2,1-2H3,(H,19,21). The van der Waals surface area contributed by atoms with E-state index in [0.717, 1.165) is 50.6 Å². The van der Waals surface area contributed by atoms with Gasteiger partial charge < -0.3 is 10.1 Å². The number of ether oxygens (including phenoxy) is 1. The number of fused-ring (bicyclic) bond motifs is 1. The summed E-state index contributed by atoms with van der Waals surface area (Å²) in [5, 5.41) is 3.18. The van der Waals surface area contributed by atoms with Crippen LogP contribution in [0.15, 0.2) is 6.07 Å². The average Bonchev–Trinajstić information content (AvgIpc) is 2.99. The highest BCUT2D eigenvalue weighted by Crippen LogP contribution is 2.29. The minimum Gasteiger partial charge on any atom is -0.379 e. The van der Waals surface area contributed by atoms with Gasteiger partial charge in [-0.15, -0.1) is 11.3 Å². The molecule has 4 nitrogen and oxygen atoms in total. The predicted octanol–water partition coefficient (Wildman–Crippen LogP) is 2.71. The summed E-state index contributed by atoms with van der Waals surface area (Å²) in [6, 6.07) is 2.51. The molecule has 0 bridgehead atoms. The Labute approximate surface area is 143 Å². The first kappa shape index (κ1) is 16.9. The van der Waals surface area contributed by atoms with E-state index in [4.69, 9.17) is 4.74 Å². The van der Waals surface area contributed by atoms with Crippen LogP contribution < -0.4 is 5.32 Å². The zero-order valence-electron chi connectivity index (χ0n) is 14.3. The van der Waals surface area contributed by atoms with E-state index in [1.165, 1.54) is 23.3 Å². The average molecular weight is 337 g/mol. The van der Waals surface area contributed by atoms with Crippen molar-refractivity contribution in [1.29, 1.82) is 0 Å². The Morgan fingerprint density at radius 2 is 2.04 bits per heavy atom. The third-order valence-electron chi connectivity index (χ3n) is 4.98. The van der Waals surface area contributed by atoms with Crippen LogP contribution in [0.4, 0.5) is 0 Å². The van der Waals surface area contributed by atoms with Crippen molar-refractivity contribution in [3.05, 3.63) is 21.4 Å². The van der Waals surface area contributed by atoms with Crippen LogP contribution >= 0.6 is 11.3 Å². The fourth-order valence-electron chi connectivity index (χ4n) is 3.58. The zero-order chi connectivity index (χ0) is 16.2. The molecule has 1 fully saturated rings. The first-order chi connectivity index (χ1) is 11.1. The maximum atomic E-state index is 12.5. The molecule has 0 radical (unpaired) electrons. The number of morpholine rings is 1. The largest absolute Gasteiger partial charge is 0.379 e. The molecular weight excluding hydrogens is 308 g/mol. The van der Waals surface area contributed by atoms with E-state index in [-0.39, 0.29) is 5.91 Å². The fourth-order valence-corrected chi connectivity index (χ4v) is 4.75. The van der Waals surface area contributed by atoms with Crippen LogP contribution in [0.25, 0.3) is 0 Å². The van der Waals surface area contributed by atoms with E-state index in [0.29, 0.717) is 12.0 Å². The summed E-state index contributed by atoms with van der Waals surface area (Å²) >= 11 is 1.69. The Bertz CT molecular complexity index is 512. The van der Waals surface area contributed by atoms with Crippen molar-refractivity contribution in [2.75, 3.05) is 32.8 Å². The number of thiophene rings is 1. The van der Waals surface area contributed by atoms with E-state index >= 15 is 0 Å². The van der Waals surface area contributed by atoms with Gasteiger partial charge in [0.05, 0.1) is 18.1 Å². The molecule has 1 amide bonds. The summed E-state index contributed by atoms with van der Waals surface area (Å²) in [7, 11) is 0. The first-order valence-electron chi connectivity index (χ1n) is 8.86. The molecule has 1 unspecified atom stereocenters. The van der Waals surface area contributed by atoms with Crippen LogP contribution in [0.3, 0.4) is 0 Å². The van der Waals surface area contributed by atoms with Crippen molar-refractivity contribution < 1.29 is 9.53 Å². The topological polar surface area (TPSA) is 41.6 Å². The van der Waals surface area contributed by atoms with E-state index in [2.05, 4.69) is 30.1 Å². The number of carbonyl (C=O) groups is 1. The van der Waals surface area contributed by atoms with Gasteiger partial charge in [-0.25, -0.2) is 0 Å². The molecule has 1 aromatic heterocycles. The monoisotopic (exact) mass is 336 g/mol. The van der Waals surface area contributed by atoms with Crippen molar-refractivity contribution in [2.24, 2.45) is 5.92 Å². The van der Waals surface area contributed by atoms with E-state index < -0.39 is 0 Å². The first-order valence-corrected chi connectivity index (χ1v) is 9.68. The van der Waals surface area contributed by atoms with Gasteiger partial charge in [0.2, 0.25) is 0 Å². The van der Waals surface area contributed by atoms with Crippen molar-refractivity contribution in [3.8, 4) is 0 Å². The Hall–Kier alpha value is -0.910. The molecule has 0 spiro atoms. The van der Waals surface area contributed by atoms with E-state index in [9.17, 15) is 4.79 Å². The maximum Gasteiger partial charge on any atom is 0.261 e. The lowest BCUT2D eigenvalue weighted by Crippen LogP contribution is -2.51. The van der Waals surface area contributed by atoms with Gasteiger partial charge in [-0.2, -0.15) is 0 Å². The van der Waals surface area contributed by atoms with Crippen LogP contribution in [0, 0.1) is 5.92 Å². The molecule has 2 heterocycles. The second-order valence-electron chi connectivity index (χ2n) is 6.94. The molecule has 23 heavy (non-hydrogen) atoms. The Morgan fingerprint density at radius 3 is 2.74 bits per heavy atom. The smallest absolute Gasteiger partial charge is 0.261 e. The SMILES string of the molecule is CC(C)C(CNC(=O)c1cc2c(s1)CCCC2)N1CCOCC1. The Kier molecular flexibility index (Phi) is 5.72. The summed E-state index contributed by atoms with van der Waals surface area (Å²) in [4.78, 5) is 17.3. The lowest BCUT2D eigenvalue weighted by atomic mass is 9.99.